The average Bonchev–Trinajstić information content (AvgIpc) is 3.08. The Balaban J connectivity index is 1.78. The summed E-state index contributed by atoms with van der Waals surface area (Å²) in [5.41, 5.74) is 2.62. The number of thiophene rings is 1. The van der Waals surface area contributed by atoms with Gasteiger partial charge in [-0.3, -0.25) is 4.98 Å². The van der Waals surface area contributed by atoms with E-state index >= 15 is 0 Å². The molecule has 0 saturated carbocycles. The predicted molar refractivity (Wildman–Crippen MR) is 90.5 cm³/mol. The molecule has 1 atom stereocenters. The minimum atomic E-state index is 0.170. The van der Waals surface area contributed by atoms with Gasteiger partial charge < -0.3 is 5.32 Å². The lowest BCUT2D eigenvalue weighted by molar-refractivity contribution is 0.863. The Bertz CT molecular complexity index is 826. The second kappa shape index (κ2) is 5.32. The molecule has 0 spiro atoms. The topological polar surface area (TPSA) is 50.7 Å². The Morgan fingerprint density at radius 1 is 1.27 bits per heavy atom. The minimum Gasteiger partial charge on any atom is -0.363 e. The van der Waals surface area contributed by atoms with E-state index in [2.05, 4.69) is 33.3 Å². The number of hydrogen-bond donors (Lipinski definition) is 1. The summed E-state index contributed by atoms with van der Waals surface area (Å²) >= 11 is 1.83. The number of pyridine rings is 1. The lowest BCUT2D eigenvalue weighted by Crippen LogP contribution is -2.09. The minimum absolute atomic E-state index is 0.170. The van der Waals surface area contributed by atoms with Crippen LogP contribution in [0, 0.1) is 6.92 Å². The molecule has 3 aromatic heterocycles. The molecule has 1 N–H and O–H groups in total. The number of aryl methyl sites for hydroxylation is 3. The Kier molecular flexibility index (Phi) is 3.30. The van der Waals surface area contributed by atoms with E-state index in [1.54, 1.807) is 6.20 Å². The number of aromatic nitrogens is 3. The molecule has 4 nitrogen and oxygen atoms in total. The van der Waals surface area contributed by atoms with E-state index in [4.69, 9.17) is 0 Å². The van der Waals surface area contributed by atoms with Crippen molar-refractivity contribution in [3.63, 3.8) is 0 Å². The first kappa shape index (κ1) is 13.6. The van der Waals surface area contributed by atoms with Crippen molar-refractivity contribution >= 4 is 27.4 Å². The van der Waals surface area contributed by atoms with Crippen molar-refractivity contribution in [3.05, 3.63) is 46.4 Å². The lowest BCUT2D eigenvalue weighted by atomic mass is 10.1. The molecule has 22 heavy (non-hydrogen) atoms. The molecule has 4 rings (SSSR count). The maximum atomic E-state index is 4.68. The summed E-state index contributed by atoms with van der Waals surface area (Å²) in [6, 6.07) is 4.23. The molecule has 0 amide bonds. The van der Waals surface area contributed by atoms with Crippen LogP contribution in [0.15, 0.2) is 24.5 Å². The quantitative estimate of drug-likeness (QED) is 0.792. The number of rotatable bonds is 3. The van der Waals surface area contributed by atoms with E-state index in [9.17, 15) is 0 Å². The number of anilines is 1. The molecular weight excluding hydrogens is 292 g/mol. The molecule has 5 heteroatoms. The van der Waals surface area contributed by atoms with Crippen molar-refractivity contribution in [3.8, 4) is 0 Å². The Morgan fingerprint density at radius 3 is 3.00 bits per heavy atom. The third kappa shape index (κ3) is 2.25. The summed E-state index contributed by atoms with van der Waals surface area (Å²) in [5.74, 6) is 1.80. The van der Waals surface area contributed by atoms with E-state index in [0.29, 0.717) is 0 Å². The zero-order valence-electron chi connectivity index (χ0n) is 12.8. The van der Waals surface area contributed by atoms with Crippen molar-refractivity contribution < 1.29 is 0 Å². The molecular formula is C17H18N4S. The van der Waals surface area contributed by atoms with E-state index in [0.717, 1.165) is 22.9 Å². The van der Waals surface area contributed by atoms with Gasteiger partial charge in [0.1, 0.15) is 16.5 Å². The van der Waals surface area contributed by atoms with Crippen LogP contribution >= 0.6 is 11.3 Å². The summed E-state index contributed by atoms with van der Waals surface area (Å²) in [6.45, 7) is 4.11. The first-order valence-electron chi connectivity index (χ1n) is 7.67. The fraction of sp³-hybridized carbons (Fsp3) is 0.353. The fourth-order valence-corrected chi connectivity index (χ4v) is 4.43. The van der Waals surface area contributed by atoms with Crippen LogP contribution in [0.5, 0.6) is 0 Å². The Labute approximate surface area is 133 Å². The first-order valence-corrected chi connectivity index (χ1v) is 8.49. The first-order chi connectivity index (χ1) is 10.7. The summed E-state index contributed by atoms with van der Waals surface area (Å²) in [4.78, 5) is 16.1. The van der Waals surface area contributed by atoms with Gasteiger partial charge in [-0.2, -0.15) is 0 Å². The molecule has 3 aromatic rings. The second-order valence-electron chi connectivity index (χ2n) is 5.81. The van der Waals surface area contributed by atoms with Crippen LogP contribution in [0.4, 0.5) is 5.82 Å². The highest BCUT2D eigenvalue weighted by Gasteiger charge is 2.22. The van der Waals surface area contributed by atoms with Crippen LogP contribution in [-0.2, 0) is 12.8 Å². The predicted octanol–water partition coefficient (Wildman–Crippen LogP) is 4.06. The zero-order chi connectivity index (χ0) is 15.1. The van der Waals surface area contributed by atoms with Crippen LogP contribution in [0.1, 0.15) is 41.2 Å². The van der Waals surface area contributed by atoms with Gasteiger partial charge in [0.2, 0.25) is 0 Å². The van der Waals surface area contributed by atoms with Crippen molar-refractivity contribution in [2.24, 2.45) is 0 Å². The maximum Gasteiger partial charge on any atom is 0.139 e. The molecule has 0 fully saturated rings. The summed E-state index contributed by atoms with van der Waals surface area (Å²) in [6.07, 6.45) is 7.29. The van der Waals surface area contributed by atoms with Crippen LogP contribution in [0.25, 0.3) is 10.2 Å². The van der Waals surface area contributed by atoms with E-state index in [1.807, 2.05) is 30.5 Å². The molecule has 0 saturated heterocycles. The third-order valence-electron chi connectivity index (χ3n) is 4.21. The standard InChI is InChI=1S/C17H18N4S/c1-10(12-5-4-8-18-9-12)19-16-15-13-6-3-7-14(13)22-17(15)21-11(2)20-16/h4-5,8-10H,3,6-7H2,1-2H3,(H,19,20,21). The van der Waals surface area contributed by atoms with Gasteiger partial charge in [0.25, 0.3) is 0 Å². The molecule has 0 radical (unpaired) electrons. The molecule has 1 unspecified atom stereocenters. The summed E-state index contributed by atoms with van der Waals surface area (Å²) in [7, 11) is 0. The van der Waals surface area contributed by atoms with Crippen LogP contribution in [-0.4, -0.2) is 15.0 Å². The average molecular weight is 310 g/mol. The van der Waals surface area contributed by atoms with Gasteiger partial charge in [-0.05, 0) is 50.3 Å². The SMILES string of the molecule is Cc1nc(NC(C)c2cccnc2)c2c3c(sc2n1)CCC3. The zero-order valence-corrected chi connectivity index (χ0v) is 13.6. The normalized spacial score (nSPS) is 15.0. The van der Waals surface area contributed by atoms with Crippen molar-refractivity contribution in [2.45, 2.75) is 39.2 Å². The molecule has 0 bridgehead atoms. The Hall–Kier alpha value is -2.01. The number of nitrogens with one attached hydrogen (secondary N) is 1. The van der Waals surface area contributed by atoms with Crippen LogP contribution < -0.4 is 5.32 Å². The maximum absolute atomic E-state index is 4.68. The monoisotopic (exact) mass is 310 g/mol. The van der Waals surface area contributed by atoms with Gasteiger partial charge in [0.15, 0.2) is 0 Å². The van der Waals surface area contributed by atoms with Crippen molar-refractivity contribution in [1.29, 1.82) is 0 Å². The van der Waals surface area contributed by atoms with Crippen molar-refractivity contribution in [2.75, 3.05) is 5.32 Å². The highest BCUT2D eigenvalue weighted by atomic mass is 32.1. The fourth-order valence-electron chi connectivity index (χ4n) is 3.13. The second-order valence-corrected chi connectivity index (χ2v) is 6.89. The number of nitrogens with zero attached hydrogens (tertiary/aromatic N) is 3. The molecule has 0 aliphatic heterocycles. The van der Waals surface area contributed by atoms with Crippen LogP contribution in [0.3, 0.4) is 0 Å². The van der Waals surface area contributed by atoms with E-state index in [-0.39, 0.29) is 6.04 Å². The van der Waals surface area contributed by atoms with E-state index in [1.165, 1.54) is 34.2 Å². The van der Waals surface area contributed by atoms with Gasteiger partial charge in [0.05, 0.1) is 11.4 Å². The van der Waals surface area contributed by atoms with Crippen molar-refractivity contribution in [1.82, 2.24) is 15.0 Å². The third-order valence-corrected chi connectivity index (χ3v) is 5.40. The molecule has 112 valence electrons. The molecule has 0 aromatic carbocycles. The lowest BCUT2D eigenvalue weighted by Gasteiger charge is -2.16. The van der Waals surface area contributed by atoms with Gasteiger partial charge in [-0.25, -0.2) is 9.97 Å². The van der Waals surface area contributed by atoms with Gasteiger partial charge in [-0.1, -0.05) is 6.07 Å². The van der Waals surface area contributed by atoms with Gasteiger partial charge >= 0.3 is 0 Å². The molecule has 3 heterocycles. The summed E-state index contributed by atoms with van der Waals surface area (Å²) in [5, 5.41) is 4.81. The summed E-state index contributed by atoms with van der Waals surface area (Å²) < 4.78 is 0. The number of hydrogen-bond acceptors (Lipinski definition) is 5. The Morgan fingerprint density at radius 2 is 2.18 bits per heavy atom. The smallest absolute Gasteiger partial charge is 0.139 e. The highest BCUT2D eigenvalue weighted by Crippen LogP contribution is 2.40. The van der Waals surface area contributed by atoms with Gasteiger partial charge in [-0.15, -0.1) is 11.3 Å². The van der Waals surface area contributed by atoms with Crippen LogP contribution in [0.2, 0.25) is 0 Å². The highest BCUT2D eigenvalue weighted by molar-refractivity contribution is 7.19. The molecule has 1 aliphatic carbocycles. The number of fused-ring (bicyclic) bond motifs is 3. The molecule has 1 aliphatic rings. The van der Waals surface area contributed by atoms with Gasteiger partial charge in [0, 0.05) is 17.3 Å². The largest absolute Gasteiger partial charge is 0.363 e. The van der Waals surface area contributed by atoms with E-state index < -0.39 is 0 Å².